The number of hydrogen-bond acceptors (Lipinski definition) is 2. The Kier molecular flexibility index (Phi) is 4.30. The number of aromatic nitrogens is 1. The van der Waals surface area contributed by atoms with E-state index in [0.29, 0.717) is 6.04 Å². The number of carbonyl (C=O) groups is 1. The highest BCUT2D eigenvalue weighted by Crippen LogP contribution is 2.15. The standard InChI is InChI=1S/C15H25N3O/c1-11-9-14(12(2)17(11)4)10-16-15-5-7-18(8-6-15)13(3)19/h9,15-16H,5-8,10H2,1-4H3. The molecule has 0 aliphatic carbocycles. The van der Waals surface area contributed by atoms with E-state index < -0.39 is 0 Å². The van der Waals surface area contributed by atoms with Crippen molar-refractivity contribution in [2.75, 3.05) is 13.1 Å². The smallest absolute Gasteiger partial charge is 0.219 e. The fourth-order valence-corrected chi connectivity index (χ4v) is 2.77. The Morgan fingerprint density at radius 1 is 1.37 bits per heavy atom. The van der Waals surface area contributed by atoms with Crippen LogP contribution in [0.15, 0.2) is 6.07 Å². The minimum absolute atomic E-state index is 0.202. The van der Waals surface area contributed by atoms with Crippen molar-refractivity contribution in [3.05, 3.63) is 23.0 Å². The van der Waals surface area contributed by atoms with Crippen LogP contribution in [0, 0.1) is 13.8 Å². The van der Waals surface area contributed by atoms with Crippen molar-refractivity contribution < 1.29 is 4.79 Å². The monoisotopic (exact) mass is 263 g/mol. The maximum absolute atomic E-state index is 11.3. The van der Waals surface area contributed by atoms with Crippen molar-refractivity contribution in [1.82, 2.24) is 14.8 Å². The minimum atomic E-state index is 0.202. The van der Waals surface area contributed by atoms with E-state index in [4.69, 9.17) is 0 Å². The van der Waals surface area contributed by atoms with Crippen molar-refractivity contribution in [3.63, 3.8) is 0 Å². The molecule has 1 aromatic rings. The summed E-state index contributed by atoms with van der Waals surface area (Å²) in [4.78, 5) is 13.2. The van der Waals surface area contributed by atoms with Gasteiger partial charge in [-0.05, 0) is 38.3 Å². The summed E-state index contributed by atoms with van der Waals surface area (Å²) >= 11 is 0. The molecule has 2 heterocycles. The average Bonchev–Trinajstić information content (AvgIpc) is 2.64. The Morgan fingerprint density at radius 2 is 2.00 bits per heavy atom. The first-order valence-electron chi connectivity index (χ1n) is 7.09. The summed E-state index contributed by atoms with van der Waals surface area (Å²) in [7, 11) is 2.11. The quantitative estimate of drug-likeness (QED) is 0.902. The van der Waals surface area contributed by atoms with E-state index >= 15 is 0 Å². The van der Waals surface area contributed by atoms with Gasteiger partial charge in [-0.1, -0.05) is 0 Å². The highest BCUT2D eigenvalue weighted by atomic mass is 16.2. The van der Waals surface area contributed by atoms with Gasteiger partial charge in [0, 0.05) is 51.0 Å². The molecule has 0 spiro atoms. The third kappa shape index (κ3) is 3.18. The summed E-state index contributed by atoms with van der Waals surface area (Å²) in [6.45, 7) is 8.67. The molecule has 1 aliphatic heterocycles. The van der Waals surface area contributed by atoms with E-state index in [1.54, 1.807) is 6.92 Å². The molecule has 4 nitrogen and oxygen atoms in total. The number of hydrogen-bond donors (Lipinski definition) is 1. The highest BCUT2D eigenvalue weighted by molar-refractivity contribution is 5.73. The largest absolute Gasteiger partial charge is 0.352 e. The van der Waals surface area contributed by atoms with Gasteiger partial charge in [-0.3, -0.25) is 4.79 Å². The fraction of sp³-hybridized carbons (Fsp3) is 0.667. The number of nitrogens with one attached hydrogen (secondary N) is 1. The molecule has 0 atom stereocenters. The summed E-state index contributed by atoms with van der Waals surface area (Å²) in [5.41, 5.74) is 4.03. The van der Waals surface area contributed by atoms with Gasteiger partial charge in [0.05, 0.1) is 0 Å². The predicted molar refractivity (Wildman–Crippen MR) is 77.0 cm³/mol. The Balaban J connectivity index is 1.84. The van der Waals surface area contributed by atoms with Gasteiger partial charge in [0.1, 0.15) is 0 Å². The molecule has 106 valence electrons. The van der Waals surface area contributed by atoms with Crippen molar-refractivity contribution in [2.24, 2.45) is 7.05 Å². The molecule has 2 rings (SSSR count). The number of rotatable bonds is 3. The molecule has 0 aromatic carbocycles. The van der Waals surface area contributed by atoms with Gasteiger partial charge < -0.3 is 14.8 Å². The van der Waals surface area contributed by atoms with Crippen LogP contribution in [0.4, 0.5) is 0 Å². The van der Waals surface area contributed by atoms with Crippen LogP contribution in [0.25, 0.3) is 0 Å². The summed E-state index contributed by atoms with van der Waals surface area (Å²) in [5, 5.41) is 3.63. The first-order valence-corrected chi connectivity index (χ1v) is 7.09. The summed E-state index contributed by atoms with van der Waals surface area (Å²) in [6, 6.07) is 2.79. The van der Waals surface area contributed by atoms with Gasteiger partial charge >= 0.3 is 0 Å². The fourth-order valence-electron chi connectivity index (χ4n) is 2.77. The van der Waals surface area contributed by atoms with Crippen LogP contribution >= 0.6 is 0 Å². The zero-order valence-electron chi connectivity index (χ0n) is 12.5. The lowest BCUT2D eigenvalue weighted by atomic mass is 10.0. The van der Waals surface area contributed by atoms with E-state index in [1.807, 2.05) is 4.90 Å². The van der Waals surface area contributed by atoms with E-state index in [9.17, 15) is 4.79 Å². The highest BCUT2D eigenvalue weighted by Gasteiger charge is 2.20. The second-order valence-electron chi connectivity index (χ2n) is 5.62. The van der Waals surface area contributed by atoms with Gasteiger partial charge in [0.2, 0.25) is 5.91 Å². The van der Waals surface area contributed by atoms with Crippen LogP contribution in [0.3, 0.4) is 0 Å². The maximum Gasteiger partial charge on any atom is 0.219 e. The van der Waals surface area contributed by atoms with Crippen molar-refractivity contribution >= 4 is 5.91 Å². The third-order valence-corrected chi connectivity index (χ3v) is 4.40. The van der Waals surface area contributed by atoms with Gasteiger partial charge in [0.25, 0.3) is 0 Å². The molecule has 1 fully saturated rings. The SMILES string of the molecule is CC(=O)N1CCC(NCc2cc(C)n(C)c2C)CC1. The molecule has 1 saturated heterocycles. The summed E-state index contributed by atoms with van der Waals surface area (Å²) in [6.07, 6.45) is 2.12. The predicted octanol–water partition coefficient (Wildman–Crippen LogP) is 1.74. The van der Waals surface area contributed by atoms with Gasteiger partial charge in [-0.15, -0.1) is 0 Å². The Labute approximate surface area is 115 Å². The van der Waals surface area contributed by atoms with Crippen LogP contribution in [-0.2, 0) is 18.4 Å². The van der Waals surface area contributed by atoms with E-state index in [2.05, 4.69) is 36.8 Å². The lowest BCUT2D eigenvalue weighted by molar-refractivity contribution is -0.129. The van der Waals surface area contributed by atoms with Crippen LogP contribution in [-0.4, -0.2) is 34.5 Å². The molecule has 4 heteroatoms. The number of amides is 1. The Bertz CT molecular complexity index is 456. The first-order chi connectivity index (χ1) is 8.99. The minimum Gasteiger partial charge on any atom is -0.352 e. The molecule has 1 N–H and O–H groups in total. The molecule has 0 radical (unpaired) electrons. The number of aryl methyl sites for hydroxylation is 1. The molecule has 0 saturated carbocycles. The number of carbonyl (C=O) groups excluding carboxylic acids is 1. The maximum atomic E-state index is 11.3. The van der Waals surface area contributed by atoms with Crippen molar-refractivity contribution in [3.8, 4) is 0 Å². The summed E-state index contributed by atoms with van der Waals surface area (Å²) < 4.78 is 2.23. The number of nitrogens with zero attached hydrogens (tertiary/aromatic N) is 2. The third-order valence-electron chi connectivity index (χ3n) is 4.40. The van der Waals surface area contributed by atoms with Crippen molar-refractivity contribution in [2.45, 2.75) is 46.2 Å². The number of likely N-dealkylation sites (tertiary alicyclic amines) is 1. The van der Waals surface area contributed by atoms with Gasteiger partial charge in [-0.2, -0.15) is 0 Å². The molecular weight excluding hydrogens is 238 g/mol. The van der Waals surface area contributed by atoms with Crippen LogP contribution in [0.1, 0.15) is 36.7 Å². The second-order valence-corrected chi connectivity index (χ2v) is 5.62. The average molecular weight is 263 g/mol. The topological polar surface area (TPSA) is 37.3 Å². The van der Waals surface area contributed by atoms with E-state index in [-0.39, 0.29) is 5.91 Å². The van der Waals surface area contributed by atoms with Crippen LogP contribution < -0.4 is 5.32 Å². The molecule has 0 bridgehead atoms. The molecule has 1 aliphatic rings. The van der Waals surface area contributed by atoms with Crippen LogP contribution in [0.2, 0.25) is 0 Å². The Hall–Kier alpha value is -1.29. The van der Waals surface area contributed by atoms with Crippen molar-refractivity contribution in [1.29, 1.82) is 0 Å². The second kappa shape index (κ2) is 5.78. The number of piperidine rings is 1. The first kappa shape index (κ1) is 14.1. The lowest BCUT2D eigenvalue weighted by Crippen LogP contribution is -2.43. The molecular formula is C15H25N3O. The zero-order chi connectivity index (χ0) is 14.0. The van der Waals surface area contributed by atoms with Gasteiger partial charge in [-0.25, -0.2) is 0 Å². The van der Waals surface area contributed by atoms with E-state index in [0.717, 1.165) is 32.5 Å². The Morgan fingerprint density at radius 3 is 2.47 bits per heavy atom. The molecule has 0 unspecified atom stereocenters. The van der Waals surface area contributed by atoms with Crippen LogP contribution in [0.5, 0.6) is 0 Å². The summed E-state index contributed by atoms with van der Waals surface area (Å²) in [5.74, 6) is 0.202. The molecule has 1 aromatic heterocycles. The normalized spacial score (nSPS) is 16.9. The zero-order valence-corrected chi connectivity index (χ0v) is 12.5. The molecule has 19 heavy (non-hydrogen) atoms. The van der Waals surface area contributed by atoms with Gasteiger partial charge in [0.15, 0.2) is 0 Å². The molecule has 1 amide bonds. The lowest BCUT2D eigenvalue weighted by Gasteiger charge is -2.31. The van der Waals surface area contributed by atoms with E-state index in [1.165, 1.54) is 17.0 Å².